The van der Waals surface area contributed by atoms with Crippen molar-refractivity contribution in [3.05, 3.63) is 102 Å². The lowest BCUT2D eigenvalue weighted by Crippen LogP contribution is -2.63. The molecule has 10 heteroatoms. The van der Waals surface area contributed by atoms with Gasteiger partial charge in [-0.25, -0.2) is 0 Å². The Morgan fingerprint density at radius 3 is 2.27 bits per heavy atom. The molecule has 230 valence electrons. The molecule has 2 atom stereocenters. The summed E-state index contributed by atoms with van der Waals surface area (Å²) < 4.78 is 95.9. The van der Waals surface area contributed by atoms with Crippen molar-refractivity contribution in [1.82, 2.24) is 4.68 Å². The number of ether oxygens (including phenoxy) is 1. The van der Waals surface area contributed by atoms with Gasteiger partial charge in [0, 0.05) is 30.5 Å². The molecule has 2 aliphatic heterocycles. The van der Waals surface area contributed by atoms with Gasteiger partial charge in [-0.3, -0.25) is 0 Å². The van der Waals surface area contributed by atoms with E-state index in [0.717, 1.165) is 33.5 Å². The van der Waals surface area contributed by atoms with E-state index in [1.54, 1.807) is 18.5 Å². The van der Waals surface area contributed by atoms with Gasteiger partial charge in [0.1, 0.15) is 17.9 Å². The molecule has 0 radical (unpaired) electrons. The van der Waals surface area contributed by atoms with Crippen LogP contribution in [0.25, 0.3) is 28.6 Å². The maximum absolute atomic E-state index is 14.1. The first-order valence-electron chi connectivity index (χ1n) is 14.7. The summed E-state index contributed by atoms with van der Waals surface area (Å²) in [5, 5.41) is 0. The minimum Gasteiger partial charge on any atom is -0.484 e. The molecule has 2 aromatic heterocycles. The summed E-state index contributed by atoms with van der Waals surface area (Å²) >= 11 is 0. The average Bonchev–Trinajstić information content (AvgIpc) is 3.33. The van der Waals surface area contributed by atoms with Gasteiger partial charge in [-0.15, -0.1) is 9.36 Å². The lowest BCUT2D eigenvalue weighted by Gasteiger charge is -2.41. The zero-order chi connectivity index (χ0) is 31.4. The predicted octanol–water partition coefficient (Wildman–Crippen LogP) is 7.96. The summed E-state index contributed by atoms with van der Waals surface area (Å²) in [5.41, 5.74) is 4.74. The average molecular weight is 614 g/mol. The molecule has 0 saturated heterocycles. The van der Waals surface area contributed by atoms with E-state index in [9.17, 15) is 26.3 Å². The number of fused-ring (bicyclic) bond motifs is 4. The first kappa shape index (κ1) is 30.0. The Bertz CT molecular complexity index is 1690. The monoisotopic (exact) mass is 613 g/mol. The molecule has 0 fully saturated rings. The minimum atomic E-state index is -5.56. The Labute approximate surface area is 251 Å². The standard InChI is InChI=1S/C34H33F6N3O/c1-4-32(5-2)30(28-20-41-16-9-17-42(41)21-29(44-28)31(33(35,36)37)34(38,39)40)25-14-13-24(23-10-7-6-8-11-23)18-26(25)27-15-12-22(3)19-43(27)32/h6-20,29-31H,4-5,21H2,1-3H3/q+2. The molecule has 0 amide bonds. The molecule has 44 heavy (non-hydrogen) atoms. The molecular formula is C34H33F6N3O+2. The van der Waals surface area contributed by atoms with Crippen molar-refractivity contribution in [2.75, 3.05) is 0 Å². The van der Waals surface area contributed by atoms with Crippen LogP contribution in [0.15, 0.2) is 91.1 Å². The van der Waals surface area contributed by atoms with Gasteiger partial charge >= 0.3 is 12.4 Å². The van der Waals surface area contributed by atoms with Gasteiger partial charge in [0.2, 0.25) is 12.2 Å². The quantitative estimate of drug-likeness (QED) is 0.165. The van der Waals surface area contributed by atoms with Crippen molar-refractivity contribution < 1.29 is 40.3 Å². The molecule has 2 aromatic carbocycles. The highest BCUT2D eigenvalue weighted by molar-refractivity contribution is 5.75. The molecule has 0 N–H and O–H groups in total. The van der Waals surface area contributed by atoms with Gasteiger partial charge in [-0.1, -0.05) is 56.3 Å². The zero-order valence-electron chi connectivity index (χ0n) is 24.5. The van der Waals surface area contributed by atoms with E-state index >= 15 is 0 Å². The second-order valence-electron chi connectivity index (χ2n) is 11.6. The summed E-state index contributed by atoms with van der Waals surface area (Å²) in [5.74, 6) is -4.29. The fourth-order valence-electron chi connectivity index (χ4n) is 7.02. The van der Waals surface area contributed by atoms with E-state index in [-0.39, 0.29) is 5.76 Å². The van der Waals surface area contributed by atoms with E-state index in [2.05, 4.69) is 4.57 Å². The second-order valence-corrected chi connectivity index (χ2v) is 11.6. The topological polar surface area (TPSA) is 21.9 Å². The van der Waals surface area contributed by atoms with Crippen molar-refractivity contribution in [2.45, 2.75) is 70.1 Å². The van der Waals surface area contributed by atoms with Crippen molar-refractivity contribution in [3.8, 4) is 22.4 Å². The Hall–Kier alpha value is -4.08. The van der Waals surface area contributed by atoms with Crippen LogP contribution in [0.3, 0.4) is 0 Å². The van der Waals surface area contributed by atoms with Crippen LogP contribution >= 0.6 is 0 Å². The molecule has 0 spiro atoms. The lowest BCUT2D eigenvalue weighted by atomic mass is 9.69. The number of rotatable bonds is 5. The number of aryl methyl sites for hydroxylation is 1. The molecule has 0 bridgehead atoms. The van der Waals surface area contributed by atoms with E-state index in [1.165, 1.54) is 15.6 Å². The Kier molecular flexibility index (Phi) is 7.37. The third-order valence-electron chi connectivity index (χ3n) is 9.15. The normalized spacial score (nSPS) is 19.4. The van der Waals surface area contributed by atoms with Crippen LogP contribution in [0.2, 0.25) is 0 Å². The molecule has 2 unspecified atom stereocenters. The fraction of sp³-hybridized carbons (Fsp3) is 0.353. The molecule has 0 aliphatic carbocycles. The molecule has 4 nitrogen and oxygen atoms in total. The lowest BCUT2D eigenvalue weighted by molar-refractivity contribution is -0.770. The van der Waals surface area contributed by atoms with E-state index in [1.807, 2.05) is 87.6 Å². The van der Waals surface area contributed by atoms with Gasteiger partial charge in [-0.05, 0) is 35.7 Å². The Morgan fingerprint density at radius 2 is 1.61 bits per heavy atom. The van der Waals surface area contributed by atoms with Crippen LogP contribution in [0.1, 0.15) is 43.7 Å². The summed E-state index contributed by atoms with van der Waals surface area (Å²) in [4.78, 5) is 0. The van der Waals surface area contributed by atoms with Crippen molar-refractivity contribution >= 4 is 6.20 Å². The number of halogens is 6. The van der Waals surface area contributed by atoms with Crippen LogP contribution < -0.4 is 9.25 Å². The van der Waals surface area contributed by atoms with Crippen LogP contribution in [-0.4, -0.2) is 23.1 Å². The number of hydrogen-bond donors (Lipinski definition) is 0. The highest BCUT2D eigenvalue weighted by Crippen LogP contribution is 2.52. The van der Waals surface area contributed by atoms with Gasteiger partial charge in [-0.2, -0.15) is 30.9 Å². The van der Waals surface area contributed by atoms with Crippen molar-refractivity contribution in [3.63, 3.8) is 0 Å². The van der Waals surface area contributed by atoms with E-state index in [0.29, 0.717) is 12.8 Å². The zero-order valence-corrected chi connectivity index (χ0v) is 24.5. The van der Waals surface area contributed by atoms with Gasteiger partial charge in [0.15, 0.2) is 30.0 Å². The predicted molar refractivity (Wildman–Crippen MR) is 153 cm³/mol. The highest BCUT2D eigenvalue weighted by atomic mass is 19.4. The summed E-state index contributed by atoms with van der Waals surface area (Å²) in [6.45, 7) is 5.33. The minimum absolute atomic E-state index is 0.0630. The number of alkyl halides is 6. The molecule has 0 saturated carbocycles. The van der Waals surface area contributed by atoms with Gasteiger partial charge in [0.05, 0.1) is 11.8 Å². The number of allylic oxidation sites excluding steroid dienone is 1. The van der Waals surface area contributed by atoms with E-state index < -0.39 is 42.4 Å². The first-order valence-corrected chi connectivity index (χ1v) is 14.7. The number of aromatic nitrogens is 3. The number of pyridine rings is 1. The maximum atomic E-state index is 14.1. The van der Waals surface area contributed by atoms with Crippen LogP contribution in [-0.2, 0) is 16.8 Å². The highest BCUT2D eigenvalue weighted by Gasteiger charge is 2.64. The van der Waals surface area contributed by atoms with Crippen molar-refractivity contribution in [2.24, 2.45) is 5.92 Å². The largest absolute Gasteiger partial charge is 0.484 e. The molecule has 4 aromatic rings. The molecule has 2 aliphatic rings. The third kappa shape index (κ3) is 4.98. The smallest absolute Gasteiger partial charge is 0.404 e. The number of hydrogen-bond acceptors (Lipinski definition) is 1. The molecular weight excluding hydrogens is 580 g/mol. The Morgan fingerprint density at radius 1 is 0.909 bits per heavy atom. The third-order valence-corrected chi connectivity index (χ3v) is 9.15. The second kappa shape index (κ2) is 10.8. The Balaban J connectivity index is 1.61. The molecule has 6 rings (SSSR count). The van der Waals surface area contributed by atoms with Crippen molar-refractivity contribution in [1.29, 1.82) is 0 Å². The van der Waals surface area contributed by atoms with E-state index in [4.69, 9.17) is 4.74 Å². The number of nitrogens with zero attached hydrogens (tertiary/aromatic N) is 3. The summed E-state index contributed by atoms with van der Waals surface area (Å²) in [7, 11) is 0. The maximum Gasteiger partial charge on any atom is 0.404 e. The van der Waals surface area contributed by atoms with Crippen LogP contribution in [0.4, 0.5) is 26.3 Å². The van der Waals surface area contributed by atoms with Gasteiger partial charge < -0.3 is 4.74 Å². The summed E-state index contributed by atoms with van der Waals surface area (Å²) in [6.07, 6.45) is -5.62. The van der Waals surface area contributed by atoms with Gasteiger partial charge in [0.25, 0.3) is 0 Å². The first-order chi connectivity index (χ1) is 20.9. The SMILES string of the molecule is CCC1(CC)C(C2=Cn3ccc[n+]3CC(C(C(F)(F)F)C(F)(F)F)O2)c2ccc(-c3ccccc3)cc2-c2ccc(C)c[n+]21. The fourth-order valence-corrected chi connectivity index (χ4v) is 7.02. The number of benzene rings is 2. The summed E-state index contributed by atoms with van der Waals surface area (Å²) in [6, 6.07) is 21.4. The van der Waals surface area contributed by atoms with Crippen LogP contribution in [0.5, 0.6) is 0 Å². The molecule has 4 heterocycles. The van der Waals surface area contributed by atoms with Crippen LogP contribution in [0, 0.1) is 12.8 Å².